The van der Waals surface area contributed by atoms with Crippen molar-refractivity contribution in [2.75, 3.05) is 5.32 Å². The molecule has 0 saturated heterocycles. The predicted molar refractivity (Wildman–Crippen MR) is 66.5 cm³/mol. The number of carboxylic acid groups (broad SMARTS) is 1. The Morgan fingerprint density at radius 3 is 2.65 bits per heavy atom. The lowest BCUT2D eigenvalue weighted by molar-refractivity contribution is -0.140. The molecule has 0 aliphatic heterocycles. The van der Waals surface area contributed by atoms with Crippen LogP contribution in [0, 0.1) is 5.92 Å². The molecule has 1 aliphatic carbocycles. The number of halogens is 4. The maximum atomic E-state index is 12.4. The van der Waals surface area contributed by atoms with Gasteiger partial charge in [0.25, 0.3) is 0 Å². The Balaban J connectivity index is 2.08. The first kappa shape index (κ1) is 14.6. The predicted octanol–water partition coefficient (Wildman–Crippen LogP) is 3.20. The highest BCUT2D eigenvalue weighted by Gasteiger charge is 2.32. The molecule has 0 bridgehead atoms. The summed E-state index contributed by atoms with van der Waals surface area (Å²) in [6, 6.07) is 0.461. The normalized spacial score (nSPS) is 22.0. The smallest absolute Gasteiger partial charge is 0.417 e. The van der Waals surface area contributed by atoms with Crippen LogP contribution in [-0.4, -0.2) is 22.1 Å². The van der Waals surface area contributed by atoms with Crippen LogP contribution in [0.2, 0.25) is 5.02 Å². The Morgan fingerprint density at radius 1 is 1.45 bits per heavy atom. The Kier molecular flexibility index (Phi) is 3.89. The van der Waals surface area contributed by atoms with E-state index in [-0.39, 0.29) is 16.9 Å². The van der Waals surface area contributed by atoms with Crippen LogP contribution in [0.15, 0.2) is 24.4 Å². The summed E-state index contributed by atoms with van der Waals surface area (Å²) in [6.45, 7) is 0. The summed E-state index contributed by atoms with van der Waals surface area (Å²) in [5.41, 5.74) is -0.932. The lowest BCUT2D eigenvalue weighted by Crippen LogP contribution is -2.19. The van der Waals surface area contributed by atoms with Gasteiger partial charge in [-0.2, -0.15) is 13.2 Å². The van der Waals surface area contributed by atoms with Gasteiger partial charge in [0.15, 0.2) is 0 Å². The van der Waals surface area contributed by atoms with Crippen molar-refractivity contribution in [2.24, 2.45) is 5.92 Å². The second-order valence-electron chi connectivity index (χ2n) is 4.37. The van der Waals surface area contributed by atoms with E-state index in [4.69, 9.17) is 16.7 Å². The number of carboxylic acids is 1. The molecule has 1 aliphatic rings. The fourth-order valence-electron chi connectivity index (χ4n) is 1.86. The highest BCUT2D eigenvalue weighted by atomic mass is 35.5. The topological polar surface area (TPSA) is 62.2 Å². The highest BCUT2D eigenvalue weighted by molar-refractivity contribution is 6.33. The number of aromatic nitrogens is 1. The Hall–Kier alpha value is -1.76. The van der Waals surface area contributed by atoms with E-state index in [1.165, 1.54) is 6.08 Å². The van der Waals surface area contributed by atoms with E-state index in [1.807, 2.05) is 0 Å². The molecule has 2 unspecified atom stereocenters. The molecule has 0 fully saturated rings. The minimum atomic E-state index is -4.50. The van der Waals surface area contributed by atoms with Crippen LogP contribution in [-0.2, 0) is 11.0 Å². The first-order valence-electron chi connectivity index (χ1n) is 5.68. The number of aliphatic carboxylic acids is 1. The van der Waals surface area contributed by atoms with Crippen LogP contribution in [0.3, 0.4) is 0 Å². The molecule has 2 rings (SSSR count). The summed E-state index contributed by atoms with van der Waals surface area (Å²) in [5, 5.41) is 11.5. The van der Waals surface area contributed by atoms with E-state index < -0.39 is 23.6 Å². The van der Waals surface area contributed by atoms with Gasteiger partial charge in [-0.1, -0.05) is 23.8 Å². The van der Waals surface area contributed by atoms with Gasteiger partial charge in [-0.3, -0.25) is 4.79 Å². The molecule has 0 saturated carbocycles. The SMILES string of the molecule is O=C(O)C1C=CC(Nc2ncc(C(F)(F)F)cc2Cl)C1. The lowest BCUT2D eigenvalue weighted by Gasteiger charge is -2.15. The van der Waals surface area contributed by atoms with Gasteiger partial charge < -0.3 is 10.4 Å². The number of alkyl halides is 3. The van der Waals surface area contributed by atoms with Gasteiger partial charge in [0.1, 0.15) is 5.82 Å². The van der Waals surface area contributed by atoms with Crippen molar-refractivity contribution >= 4 is 23.4 Å². The summed E-state index contributed by atoms with van der Waals surface area (Å²) < 4.78 is 37.3. The molecule has 0 radical (unpaired) electrons. The monoisotopic (exact) mass is 306 g/mol. The first-order chi connectivity index (χ1) is 9.27. The zero-order valence-corrected chi connectivity index (χ0v) is 10.7. The number of hydrogen-bond donors (Lipinski definition) is 2. The van der Waals surface area contributed by atoms with E-state index in [1.54, 1.807) is 6.08 Å². The summed E-state index contributed by atoms with van der Waals surface area (Å²) >= 11 is 5.75. The molecule has 0 aromatic carbocycles. The number of nitrogens with zero attached hydrogens (tertiary/aromatic N) is 1. The molecule has 0 amide bonds. The molecule has 1 aromatic rings. The van der Waals surface area contributed by atoms with E-state index in [2.05, 4.69) is 10.3 Å². The van der Waals surface area contributed by atoms with Gasteiger partial charge in [-0.25, -0.2) is 4.98 Å². The zero-order valence-electron chi connectivity index (χ0n) is 9.99. The average Bonchev–Trinajstić information content (AvgIpc) is 2.79. The van der Waals surface area contributed by atoms with E-state index in [9.17, 15) is 18.0 Å². The number of rotatable bonds is 3. The van der Waals surface area contributed by atoms with Gasteiger partial charge in [-0.05, 0) is 12.5 Å². The summed E-state index contributed by atoms with van der Waals surface area (Å²) in [7, 11) is 0. The fourth-order valence-corrected chi connectivity index (χ4v) is 2.08. The highest BCUT2D eigenvalue weighted by Crippen LogP contribution is 2.33. The minimum absolute atomic E-state index is 0.0976. The summed E-state index contributed by atoms with van der Waals surface area (Å²) in [6.07, 6.45) is -0.362. The van der Waals surface area contributed by atoms with Crippen LogP contribution < -0.4 is 5.32 Å². The molecular weight excluding hydrogens is 297 g/mol. The van der Waals surface area contributed by atoms with Crippen molar-refractivity contribution in [1.82, 2.24) is 4.98 Å². The maximum absolute atomic E-state index is 12.4. The summed E-state index contributed by atoms with van der Waals surface area (Å²) in [5.74, 6) is -1.46. The molecule has 8 heteroatoms. The van der Waals surface area contributed by atoms with Crippen LogP contribution in [0.4, 0.5) is 19.0 Å². The van der Waals surface area contributed by atoms with Crippen molar-refractivity contribution in [3.05, 3.63) is 35.0 Å². The standard InChI is InChI=1S/C12H10ClF3N2O2/c13-9-4-7(12(14,15)16)5-17-10(9)18-8-2-1-6(3-8)11(19)20/h1-2,4-6,8H,3H2,(H,17,18)(H,19,20). The van der Waals surface area contributed by atoms with Crippen molar-refractivity contribution in [3.63, 3.8) is 0 Å². The molecule has 1 aromatic heterocycles. The molecule has 1 heterocycles. The number of pyridine rings is 1. The van der Waals surface area contributed by atoms with Crippen LogP contribution in [0.25, 0.3) is 0 Å². The summed E-state index contributed by atoms with van der Waals surface area (Å²) in [4.78, 5) is 14.4. The third kappa shape index (κ3) is 3.22. The Morgan fingerprint density at radius 2 is 2.15 bits per heavy atom. The Labute approximate surface area is 117 Å². The number of hydrogen-bond acceptors (Lipinski definition) is 3. The second kappa shape index (κ2) is 5.32. The van der Waals surface area contributed by atoms with Gasteiger partial charge in [-0.15, -0.1) is 0 Å². The zero-order chi connectivity index (χ0) is 14.9. The first-order valence-corrected chi connectivity index (χ1v) is 6.05. The molecule has 20 heavy (non-hydrogen) atoms. The molecule has 108 valence electrons. The third-order valence-electron chi connectivity index (χ3n) is 2.89. The Bertz CT molecular complexity index is 560. The second-order valence-corrected chi connectivity index (χ2v) is 4.78. The van der Waals surface area contributed by atoms with Crippen LogP contribution >= 0.6 is 11.6 Å². The van der Waals surface area contributed by atoms with Crippen molar-refractivity contribution in [1.29, 1.82) is 0 Å². The van der Waals surface area contributed by atoms with Crippen LogP contribution in [0.1, 0.15) is 12.0 Å². The average molecular weight is 307 g/mol. The van der Waals surface area contributed by atoms with Gasteiger partial charge in [0.2, 0.25) is 0 Å². The van der Waals surface area contributed by atoms with E-state index in [0.717, 1.165) is 6.07 Å². The molecule has 4 nitrogen and oxygen atoms in total. The minimum Gasteiger partial charge on any atom is -0.481 e. The van der Waals surface area contributed by atoms with Gasteiger partial charge in [0, 0.05) is 12.2 Å². The maximum Gasteiger partial charge on any atom is 0.417 e. The quantitative estimate of drug-likeness (QED) is 0.842. The van der Waals surface area contributed by atoms with E-state index >= 15 is 0 Å². The number of anilines is 1. The van der Waals surface area contributed by atoms with Crippen molar-refractivity contribution in [3.8, 4) is 0 Å². The van der Waals surface area contributed by atoms with E-state index in [0.29, 0.717) is 12.6 Å². The van der Waals surface area contributed by atoms with Gasteiger partial charge >= 0.3 is 12.1 Å². The number of carbonyl (C=O) groups is 1. The van der Waals surface area contributed by atoms with Crippen molar-refractivity contribution < 1.29 is 23.1 Å². The van der Waals surface area contributed by atoms with Crippen LogP contribution in [0.5, 0.6) is 0 Å². The van der Waals surface area contributed by atoms with Gasteiger partial charge in [0.05, 0.1) is 16.5 Å². The third-order valence-corrected chi connectivity index (χ3v) is 3.18. The molecule has 2 atom stereocenters. The van der Waals surface area contributed by atoms with Crippen molar-refractivity contribution in [2.45, 2.75) is 18.6 Å². The molecular formula is C12H10ClF3N2O2. The molecule has 0 spiro atoms. The molecule has 2 N–H and O–H groups in total. The number of nitrogens with one attached hydrogen (secondary N) is 1. The largest absolute Gasteiger partial charge is 0.481 e. The lowest BCUT2D eigenvalue weighted by atomic mass is 10.1. The fraction of sp³-hybridized carbons (Fsp3) is 0.333.